The van der Waals surface area contributed by atoms with Crippen molar-refractivity contribution in [2.75, 3.05) is 13.1 Å². The molecule has 0 spiro atoms. The topological polar surface area (TPSA) is 58.4 Å². The lowest BCUT2D eigenvalue weighted by Gasteiger charge is -2.29. The van der Waals surface area contributed by atoms with Gasteiger partial charge in [0, 0.05) is 0 Å². The number of nitrogens with zero attached hydrogens (tertiary/aromatic N) is 3. The molecular weight excluding hydrogens is 242 g/mol. The molecule has 0 aliphatic heterocycles. The van der Waals surface area contributed by atoms with Gasteiger partial charge in [0.2, 0.25) is 0 Å². The quantitative estimate of drug-likeness (QED) is 0.867. The van der Waals surface area contributed by atoms with Gasteiger partial charge in [-0.15, -0.1) is 0 Å². The Bertz CT molecular complexity index is 561. The maximum Gasteiger partial charge on any atom is 0.306 e. The molecule has 1 N–H and O–H groups in total. The summed E-state index contributed by atoms with van der Waals surface area (Å²) in [7, 11) is 0. The second-order valence-corrected chi connectivity index (χ2v) is 4.44. The van der Waals surface area contributed by atoms with Crippen molar-refractivity contribution >= 4 is 17.0 Å². The van der Waals surface area contributed by atoms with Crippen LogP contribution in [-0.2, 0) is 4.79 Å². The number of para-hydroxylation sites is 2. The van der Waals surface area contributed by atoms with Crippen molar-refractivity contribution in [1.82, 2.24) is 14.5 Å². The lowest BCUT2D eigenvalue weighted by molar-refractivity contribution is -0.139. The SMILES string of the molecule is CCN(CC)C(CC(=O)O)n1cnc2ccccc21. The van der Waals surface area contributed by atoms with E-state index < -0.39 is 5.97 Å². The van der Waals surface area contributed by atoms with E-state index in [9.17, 15) is 4.79 Å². The van der Waals surface area contributed by atoms with E-state index >= 15 is 0 Å². The first-order valence-corrected chi connectivity index (χ1v) is 6.54. The Morgan fingerprint density at radius 1 is 1.37 bits per heavy atom. The van der Waals surface area contributed by atoms with Crippen LogP contribution in [0.3, 0.4) is 0 Å². The third kappa shape index (κ3) is 2.76. The van der Waals surface area contributed by atoms with Crippen LogP contribution >= 0.6 is 0 Å². The third-order valence-electron chi connectivity index (χ3n) is 3.39. The summed E-state index contributed by atoms with van der Waals surface area (Å²) in [6, 6.07) is 7.79. The highest BCUT2D eigenvalue weighted by Gasteiger charge is 2.22. The molecule has 19 heavy (non-hydrogen) atoms. The monoisotopic (exact) mass is 261 g/mol. The maximum absolute atomic E-state index is 11.1. The molecule has 5 heteroatoms. The minimum absolute atomic E-state index is 0.0715. The minimum atomic E-state index is -0.797. The van der Waals surface area contributed by atoms with Crippen molar-refractivity contribution in [3.05, 3.63) is 30.6 Å². The molecule has 0 aliphatic carbocycles. The molecule has 0 saturated heterocycles. The molecule has 2 aromatic rings. The molecule has 102 valence electrons. The highest BCUT2D eigenvalue weighted by Crippen LogP contribution is 2.23. The zero-order chi connectivity index (χ0) is 13.8. The second kappa shape index (κ2) is 5.84. The van der Waals surface area contributed by atoms with E-state index in [0.29, 0.717) is 0 Å². The van der Waals surface area contributed by atoms with E-state index in [1.165, 1.54) is 0 Å². The van der Waals surface area contributed by atoms with Crippen LogP contribution in [0.25, 0.3) is 11.0 Å². The zero-order valence-corrected chi connectivity index (χ0v) is 11.3. The average Bonchev–Trinajstić information content (AvgIpc) is 2.82. The Balaban J connectivity index is 2.44. The van der Waals surface area contributed by atoms with Gasteiger partial charge in [-0.05, 0) is 25.2 Å². The first-order valence-electron chi connectivity index (χ1n) is 6.54. The van der Waals surface area contributed by atoms with Crippen molar-refractivity contribution in [3.8, 4) is 0 Å². The van der Waals surface area contributed by atoms with E-state index in [1.807, 2.05) is 42.7 Å². The molecule has 1 heterocycles. The van der Waals surface area contributed by atoms with Crippen LogP contribution in [0.4, 0.5) is 0 Å². The fourth-order valence-electron chi connectivity index (χ4n) is 2.42. The van der Waals surface area contributed by atoms with Crippen LogP contribution < -0.4 is 0 Å². The zero-order valence-electron chi connectivity index (χ0n) is 11.3. The summed E-state index contributed by atoms with van der Waals surface area (Å²) in [5.74, 6) is -0.797. The lowest BCUT2D eigenvalue weighted by Crippen LogP contribution is -2.33. The third-order valence-corrected chi connectivity index (χ3v) is 3.39. The molecule has 0 amide bonds. The first-order chi connectivity index (χ1) is 9.17. The lowest BCUT2D eigenvalue weighted by atomic mass is 10.2. The van der Waals surface area contributed by atoms with Crippen molar-refractivity contribution in [2.45, 2.75) is 26.4 Å². The highest BCUT2D eigenvalue weighted by molar-refractivity contribution is 5.75. The molecule has 0 radical (unpaired) electrons. The minimum Gasteiger partial charge on any atom is -0.481 e. The standard InChI is InChI=1S/C14H19N3O2/c1-3-16(4-2)13(9-14(18)19)17-10-15-11-7-5-6-8-12(11)17/h5-8,10,13H,3-4,9H2,1-2H3,(H,18,19). The summed E-state index contributed by atoms with van der Waals surface area (Å²) in [5, 5.41) is 9.13. The number of carbonyl (C=O) groups is 1. The Morgan fingerprint density at radius 2 is 2.05 bits per heavy atom. The summed E-state index contributed by atoms with van der Waals surface area (Å²) in [4.78, 5) is 17.6. The van der Waals surface area contributed by atoms with Gasteiger partial charge < -0.3 is 9.67 Å². The molecule has 1 aromatic carbocycles. The van der Waals surface area contributed by atoms with E-state index in [0.717, 1.165) is 24.1 Å². The predicted octanol–water partition coefficient (Wildman–Crippen LogP) is 2.35. The van der Waals surface area contributed by atoms with Gasteiger partial charge in [0.25, 0.3) is 0 Å². The summed E-state index contributed by atoms with van der Waals surface area (Å²) < 4.78 is 1.95. The number of rotatable bonds is 6. The van der Waals surface area contributed by atoms with E-state index in [2.05, 4.69) is 9.88 Å². The van der Waals surface area contributed by atoms with Gasteiger partial charge in [-0.1, -0.05) is 26.0 Å². The molecule has 0 fully saturated rings. The summed E-state index contributed by atoms with van der Waals surface area (Å²) in [6.07, 6.45) is 1.61. The van der Waals surface area contributed by atoms with E-state index in [1.54, 1.807) is 6.33 Å². The van der Waals surface area contributed by atoms with Gasteiger partial charge in [0.05, 0.1) is 29.9 Å². The van der Waals surface area contributed by atoms with Crippen molar-refractivity contribution in [1.29, 1.82) is 0 Å². The number of hydrogen-bond acceptors (Lipinski definition) is 3. The van der Waals surface area contributed by atoms with Crippen molar-refractivity contribution in [3.63, 3.8) is 0 Å². The van der Waals surface area contributed by atoms with Crippen LogP contribution in [0.15, 0.2) is 30.6 Å². The molecule has 1 atom stereocenters. The number of carboxylic acid groups (broad SMARTS) is 1. The summed E-state index contributed by atoms with van der Waals surface area (Å²) >= 11 is 0. The summed E-state index contributed by atoms with van der Waals surface area (Å²) in [5.41, 5.74) is 1.87. The first kappa shape index (κ1) is 13.5. The highest BCUT2D eigenvalue weighted by atomic mass is 16.4. The number of carboxylic acids is 1. The maximum atomic E-state index is 11.1. The number of hydrogen-bond donors (Lipinski definition) is 1. The van der Waals surface area contributed by atoms with Gasteiger partial charge in [0.1, 0.15) is 0 Å². The van der Waals surface area contributed by atoms with Gasteiger partial charge >= 0.3 is 5.97 Å². The number of aromatic nitrogens is 2. The molecule has 0 bridgehead atoms. The second-order valence-electron chi connectivity index (χ2n) is 4.44. The normalized spacial score (nSPS) is 13.0. The van der Waals surface area contributed by atoms with Crippen LogP contribution in [-0.4, -0.2) is 38.6 Å². The molecule has 0 saturated carbocycles. The number of aliphatic carboxylic acids is 1. The van der Waals surface area contributed by atoms with Crippen LogP contribution in [0.2, 0.25) is 0 Å². The summed E-state index contributed by atoms with van der Waals surface area (Å²) in [6.45, 7) is 5.69. The molecule has 1 aromatic heterocycles. The Hall–Kier alpha value is -1.88. The van der Waals surface area contributed by atoms with Gasteiger partial charge in [-0.3, -0.25) is 9.69 Å². The Labute approximate surface area is 112 Å². The van der Waals surface area contributed by atoms with Gasteiger partial charge in [0.15, 0.2) is 0 Å². The van der Waals surface area contributed by atoms with Crippen LogP contribution in [0.5, 0.6) is 0 Å². The fraction of sp³-hybridized carbons (Fsp3) is 0.429. The Kier molecular flexibility index (Phi) is 4.16. The fourth-order valence-corrected chi connectivity index (χ4v) is 2.42. The van der Waals surface area contributed by atoms with Crippen molar-refractivity contribution in [2.24, 2.45) is 0 Å². The predicted molar refractivity (Wildman–Crippen MR) is 73.9 cm³/mol. The molecule has 0 aliphatic rings. The molecule has 1 unspecified atom stereocenters. The molecule has 2 rings (SSSR count). The van der Waals surface area contributed by atoms with Crippen LogP contribution in [0, 0.1) is 0 Å². The smallest absolute Gasteiger partial charge is 0.306 e. The number of imidazole rings is 1. The van der Waals surface area contributed by atoms with E-state index in [-0.39, 0.29) is 12.6 Å². The number of benzene rings is 1. The van der Waals surface area contributed by atoms with Gasteiger partial charge in [-0.25, -0.2) is 4.98 Å². The largest absolute Gasteiger partial charge is 0.481 e. The van der Waals surface area contributed by atoms with E-state index in [4.69, 9.17) is 5.11 Å². The molecule has 5 nitrogen and oxygen atoms in total. The van der Waals surface area contributed by atoms with Crippen LogP contribution in [0.1, 0.15) is 26.4 Å². The number of fused-ring (bicyclic) bond motifs is 1. The van der Waals surface area contributed by atoms with Gasteiger partial charge in [-0.2, -0.15) is 0 Å². The van der Waals surface area contributed by atoms with Crippen molar-refractivity contribution < 1.29 is 9.90 Å². The average molecular weight is 261 g/mol. The molecular formula is C14H19N3O2. The Morgan fingerprint density at radius 3 is 2.68 bits per heavy atom.